The van der Waals surface area contributed by atoms with Crippen molar-refractivity contribution in [2.45, 2.75) is 18.9 Å². The van der Waals surface area contributed by atoms with Gasteiger partial charge in [0.2, 0.25) is 0 Å². The minimum absolute atomic E-state index is 0.0183. The number of ether oxygens (including phenoxy) is 1. The number of carbonyl (C=O) groups is 1. The third-order valence-corrected chi connectivity index (χ3v) is 2.78. The highest BCUT2D eigenvalue weighted by atomic mass is 19.1. The fourth-order valence-corrected chi connectivity index (χ4v) is 1.84. The highest BCUT2D eigenvalue weighted by Gasteiger charge is 2.21. The van der Waals surface area contributed by atoms with E-state index in [0.29, 0.717) is 26.1 Å². The summed E-state index contributed by atoms with van der Waals surface area (Å²) in [6.07, 6.45) is 1.42. The van der Waals surface area contributed by atoms with Gasteiger partial charge in [-0.1, -0.05) is 6.07 Å². The van der Waals surface area contributed by atoms with Crippen LogP contribution < -0.4 is 5.32 Å². The molecule has 92 valence electrons. The van der Waals surface area contributed by atoms with Gasteiger partial charge in [-0.25, -0.2) is 4.39 Å². The Kier molecular flexibility index (Phi) is 3.58. The highest BCUT2D eigenvalue weighted by molar-refractivity contribution is 5.97. The standard InChI is InChI=1S/C12H14FNO3/c13-9-2-1-3-10(15)11(9)12(16)14-8-4-6-17-7-5-8/h1-3,8,15H,4-7H2,(H,14,16). The molecule has 1 amide bonds. The van der Waals surface area contributed by atoms with Crippen molar-refractivity contribution >= 4 is 5.91 Å². The number of halogens is 1. The number of phenols is 1. The van der Waals surface area contributed by atoms with E-state index in [0.717, 1.165) is 6.07 Å². The van der Waals surface area contributed by atoms with E-state index < -0.39 is 11.7 Å². The van der Waals surface area contributed by atoms with Gasteiger partial charge in [0.05, 0.1) is 0 Å². The number of aromatic hydroxyl groups is 1. The molecule has 1 heterocycles. The molecule has 0 unspecified atom stereocenters. The lowest BCUT2D eigenvalue weighted by molar-refractivity contribution is 0.0693. The van der Waals surface area contributed by atoms with E-state index in [9.17, 15) is 14.3 Å². The van der Waals surface area contributed by atoms with E-state index in [2.05, 4.69) is 5.32 Å². The van der Waals surface area contributed by atoms with Gasteiger partial charge in [-0.2, -0.15) is 0 Å². The SMILES string of the molecule is O=C(NC1CCOCC1)c1c(O)cccc1F. The number of rotatable bonds is 2. The lowest BCUT2D eigenvalue weighted by Gasteiger charge is -2.23. The number of benzene rings is 1. The van der Waals surface area contributed by atoms with Crippen molar-refractivity contribution < 1.29 is 19.0 Å². The Bertz CT molecular complexity index is 396. The molecule has 0 radical (unpaired) electrons. The zero-order valence-corrected chi connectivity index (χ0v) is 9.28. The molecule has 0 aliphatic carbocycles. The van der Waals surface area contributed by atoms with Crippen molar-refractivity contribution in [2.75, 3.05) is 13.2 Å². The summed E-state index contributed by atoms with van der Waals surface area (Å²) < 4.78 is 18.6. The Morgan fingerprint density at radius 3 is 2.76 bits per heavy atom. The minimum Gasteiger partial charge on any atom is -0.507 e. The van der Waals surface area contributed by atoms with Crippen molar-refractivity contribution in [1.29, 1.82) is 0 Å². The van der Waals surface area contributed by atoms with E-state index in [1.54, 1.807) is 0 Å². The van der Waals surface area contributed by atoms with Crippen LogP contribution in [-0.2, 0) is 4.74 Å². The average molecular weight is 239 g/mol. The van der Waals surface area contributed by atoms with Gasteiger partial charge in [-0.05, 0) is 25.0 Å². The van der Waals surface area contributed by atoms with Crippen molar-refractivity contribution in [3.63, 3.8) is 0 Å². The normalized spacial score (nSPS) is 16.8. The van der Waals surface area contributed by atoms with Crippen LogP contribution in [-0.4, -0.2) is 30.3 Å². The molecule has 0 bridgehead atoms. The molecule has 2 rings (SSSR count). The first-order valence-electron chi connectivity index (χ1n) is 5.54. The van der Waals surface area contributed by atoms with E-state index >= 15 is 0 Å². The van der Waals surface area contributed by atoms with Gasteiger partial charge in [-0.15, -0.1) is 0 Å². The van der Waals surface area contributed by atoms with Gasteiger partial charge in [0.15, 0.2) is 0 Å². The van der Waals surface area contributed by atoms with Gasteiger partial charge in [-0.3, -0.25) is 4.79 Å². The molecule has 0 spiro atoms. The Hall–Kier alpha value is -1.62. The maximum Gasteiger partial charge on any atom is 0.258 e. The van der Waals surface area contributed by atoms with E-state index in [1.165, 1.54) is 12.1 Å². The molecule has 1 aliphatic rings. The lowest BCUT2D eigenvalue weighted by atomic mass is 10.1. The monoisotopic (exact) mass is 239 g/mol. The first-order chi connectivity index (χ1) is 8.18. The first kappa shape index (κ1) is 11.9. The smallest absolute Gasteiger partial charge is 0.258 e. The lowest BCUT2D eigenvalue weighted by Crippen LogP contribution is -2.39. The van der Waals surface area contributed by atoms with Crippen LogP contribution in [0, 0.1) is 5.82 Å². The molecule has 0 aromatic heterocycles. The molecule has 1 fully saturated rings. The number of hydrogen-bond acceptors (Lipinski definition) is 3. The number of nitrogens with one attached hydrogen (secondary N) is 1. The average Bonchev–Trinajstić information content (AvgIpc) is 2.30. The topological polar surface area (TPSA) is 58.6 Å². The molecular formula is C12H14FNO3. The maximum absolute atomic E-state index is 13.4. The second-order valence-electron chi connectivity index (χ2n) is 3.99. The van der Waals surface area contributed by atoms with Crippen LogP contribution in [0.15, 0.2) is 18.2 Å². The Morgan fingerprint density at radius 2 is 2.12 bits per heavy atom. The summed E-state index contributed by atoms with van der Waals surface area (Å²) in [5.74, 6) is -1.63. The predicted molar refractivity (Wildman–Crippen MR) is 59.4 cm³/mol. The molecule has 5 heteroatoms. The van der Waals surface area contributed by atoms with Gasteiger partial charge in [0, 0.05) is 19.3 Å². The van der Waals surface area contributed by atoms with Crippen molar-refractivity contribution in [3.8, 4) is 5.75 Å². The Morgan fingerprint density at radius 1 is 1.41 bits per heavy atom. The van der Waals surface area contributed by atoms with Crippen LogP contribution in [0.4, 0.5) is 4.39 Å². The van der Waals surface area contributed by atoms with Crippen molar-refractivity contribution in [3.05, 3.63) is 29.6 Å². The quantitative estimate of drug-likeness (QED) is 0.821. The molecule has 17 heavy (non-hydrogen) atoms. The summed E-state index contributed by atoms with van der Waals surface area (Å²) in [6.45, 7) is 1.18. The van der Waals surface area contributed by atoms with Gasteiger partial charge >= 0.3 is 0 Å². The van der Waals surface area contributed by atoms with E-state index in [1.807, 2.05) is 0 Å². The van der Waals surface area contributed by atoms with E-state index in [-0.39, 0.29) is 17.4 Å². The molecule has 0 atom stereocenters. The summed E-state index contributed by atoms with van der Waals surface area (Å²) in [5.41, 5.74) is -0.293. The second kappa shape index (κ2) is 5.14. The maximum atomic E-state index is 13.4. The molecule has 1 saturated heterocycles. The van der Waals surface area contributed by atoms with Crippen LogP contribution in [0.1, 0.15) is 23.2 Å². The predicted octanol–water partition coefficient (Wildman–Crippen LogP) is 1.44. The van der Waals surface area contributed by atoms with Gasteiger partial charge in [0.25, 0.3) is 5.91 Å². The number of phenolic OH excluding ortho intramolecular Hbond substituents is 1. The summed E-state index contributed by atoms with van der Waals surface area (Å²) >= 11 is 0. The largest absolute Gasteiger partial charge is 0.507 e. The molecular weight excluding hydrogens is 225 g/mol. The van der Waals surface area contributed by atoms with Crippen LogP contribution in [0.2, 0.25) is 0 Å². The van der Waals surface area contributed by atoms with Crippen LogP contribution in [0.25, 0.3) is 0 Å². The zero-order valence-electron chi connectivity index (χ0n) is 9.28. The molecule has 1 aromatic carbocycles. The Balaban J connectivity index is 2.08. The van der Waals surface area contributed by atoms with E-state index in [4.69, 9.17) is 4.74 Å². The Labute approximate surface area is 98.4 Å². The van der Waals surface area contributed by atoms with Crippen molar-refractivity contribution in [2.24, 2.45) is 0 Å². The third-order valence-electron chi connectivity index (χ3n) is 2.78. The number of hydrogen-bond donors (Lipinski definition) is 2. The summed E-state index contributed by atoms with van der Waals surface area (Å²) in [5, 5.41) is 12.2. The summed E-state index contributed by atoms with van der Waals surface area (Å²) in [6, 6.07) is 3.78. The zero-order chi connectivity index (χ0) is 12.3. The molecule has 2 N–H and O–H groups in total. The van der Waals surface area contributed by atoms with Crippen LogP contribution in [0.3, 0.4) is 0 Å². The molecule has 4 nitrogen and oxygen atoms in total. The number of carbonyl (C=O) groups excluding carboxylic acids is 1. The molecule has 1 aliphatic heterocycles. The van der Waals surface area contributed by atoms with Gasteiger partial charge < -0.3 is 15.2 Å². The highest BCUT2D eigenvalue weighted by Crippen LogP contribution is 2.20. The van der Waals surface area contributed by atoms with Gasteiger partial charge in [0.1, 0.15) is 17.1 Å². The number of amides is 1. The fourth-order valence-electron chi connectivity index (χ4n) is 1.84. The summed E-state index contributed by atoms with van der Waals surface area (Å²) in [7, 11) is 0. The molecule has 0 saturated carbocycles. The van der Waals surface area contributed by atoms with Crippen LogP contribution >= 0.6 is 0 Å². The summed E-state index contributed by atoms with van der Waals surface area (Å²) in [4.78, 5) is 11.8. The molecule has 1 aromatic rings. The first-order valence-corrected chi connectivity index (χ1v) is 5.54. The minimum atomic E-state index is -0.713. The fraction of sp³-hybridized carbons (Fsp3) is 0.417. The second-order valence-corrected chi connectivity index (χ2v) is 3.99. The third kappa shape index (κ3) is 2.74. The van der Waals surface area contributed by atoms with Crippen molar-refractivity contribution in [1.82, 2.24) is 5.32 Å². The van der Waals surface area contributed by atoms with Crippen LogP contribution in [0.5, 0.6) is 5.75 Å².